The number of nitrogens with zero attached hydrogens (tertiary/aromatic N) is 3. The molecule has 0 aromatic carbocycles. The van der Waals surface area contributed by atoms with E-state index in [0.29, 0.717) is 5.82 Å². The van der Waals surface area contributed by atoms with Crippen LogP contribution in [0, 0.1) is 0 Å². The number of hydrogen-bond acceptors (Lipinski definition) is 4. The standard InChI is InChI=1S/C13H13N3OS/c1-2-16-5-4-14-13(16)12(17)9-7-11-10(15-8-9)3-6-18-11/h3-8,12,17H,2H2,1H3. The molecule has 0 saturated carbocycles. The highest BCUT2D eigenvalue weighted by molar-refractivity contribution is 7.17. The first-order valence-corrected chi connectivity index (χ1v) is 6.70. The van der Waals surface area contributed by atoms with Crippen LogP contribution in [0.2, 0.25) is 0 Å². The largest absolute Gasteiger partial charge is 0.380 e. The zero-order chi connectivity index (χ0) is 12.5. The molecule has 0 aliphatic heterocycles. The third-order valence-corrected chi connectivity index (χ3v) is 3.83. The van der Waals surface area contributed by atoms with Crippen molar-refractivity contribution in [1.29, 1.82) is 0 Å². The maximum absolute atomic E-state index is 10.4. The number of aliphatic hydroxyl groups excluding tert-OH is 1. The van der Waals surface area contributed by atoms with Crippen molar-refractivity contribution in [2.75, 3.05) is 0 Å². The highest BCUT2D eigenvalue weighted by Crippen LogP contribution is 2.25. The van der Waals surface area contributed by atoms with Gasteiger partial charge in [0.2, 0.25) is 0 Å². The van der Waals surface area contributed by atoms with Crippen LogP contribution in [0.25, 0.3) is 10.2 Å². The van der Waals surface area contributed by atoms with E-state index in [9.17, 15) is 5.11 Å². The predicted octanol–water partition coefficient (Wildman–Crippen LogP) is 2.59. The summed E-state index contributed by atoms with van der Waals surface area (Å²) in [6.07, 6.45) is 4.57. The third kappa shape index (κ3) is 1.81. The van der Waals surface area contributed by atoms with E-state index in [1.54, 1.807) is 23.7 Å². The monoisotopic (exact) mass is 259 g/mol. The minimum atomic E-state index is -0.723. The second kappa shape index (κ2) is 4.51. The Kier molecular flexibility index (Phi) is 2.85. The molecule has 1 atom stereocenters. The third-order valence-electron chi connectivity index (χ3n) is 2.97. The molecule has 0 fully saturated rings. The van der Waals surface area contributed by atoms with Crippen LogP contribution in [0.5, 0.6) is 0 Å². The molecule has 0 aliphatic rings. The molecule has 18 heavy (non-hydrogen) atoms. The molecule has 3 rings (SSSR count). The van der Waals surface area contributed by atoms with Gasteiger partial charge in [-0.1, -0.05) is 0 Å². The second-order valence-corrected chi connectivity index (χ2v) is 4.99. The van der Waals surface area contributed by atoms with Crippen LogP contribution >= 0.6 is 11.3 Å². The van der Waals surface area contributed by atoms with Gasteiger partial charge in [-0.2, -0.15) is 0 Å². The van der Waals surface area contributed by atoms with Gasteiger partial charge in [0.05, 0.1) is 10.2 Å². The van der Waals surface area contributed by atoms with Crippen LogP contribution in [-0.4, -0.2) is 19.6 Å². The van der Waals surface area contributed by atoms with Crippen LogP contribution in [0.15, 0.2) is 36.1 Å². The molecule has 92 valence electrons. The minimum absolute atomic E-state index is 0.662. The Morgan fingerprint density at radius 3 is 3.17 bits per heavy atom. The van der Waals surface area contributed by atoms with E-state index >= 15 is 0 Å². The Morgan fingerprint density at radius 2 is 2.33 bits per heavy atom. The lowest BCUT2D eigenvalue weighted by atomic mass is 10.1. The van der Waals surface area contributed by atoms with E-state index < -0.39 is 6.10 Å². The van der Waals surface area contributed by atoms with Crippen molar-refractivity contribution in [1.82, 2.24) is 14.5 Å². The topological polar surface area (TPSA) is 50.9 Å². The van der Waals surface area contributed by atoms with E-state index in [1.165, 1.54) is 0 Å². The maximum atomic E-state index is 10.4. The Bertz CT molecular complexity index is 673. The summed E-state index contributed by atoms with van der Waals surface area (Å²) >= 11 is 1.63. The molecule has 3 aromatic rings. The average molecular weight is 259 g/mol. The van der Waals surface area contributed by atoms with Gasteiger partial charge in [-0.3, -0.25) is 4.98 Å². The van der Waals surface area contributed by atoms with Gasteiger partial charge in [0.1, 0.15) is 11.9 Å². The minimum Gasteiger partial charge on any atom is -0.380 e. The lowest BCUT2D eigenvalue weighted by Crippen LogP contribution is -2.09. The van der Waals surface area contributed by atoms with Gasteiger partial charge in [-0.15, -0.1) is 11.3 Å². The normalized spacial score (nSPS) is 13.0. The van der Waals surface area contributed by atoms with Crippen LogP contribution < -0.4 is 0 Å². The number of imidazole rings is 1. The fourth-order valence-corrected chi connectivity index (χ4v) is 2.79. The molecule has 3 heterocycles. The van der Waals surface area contributed by atoms with Crippen molar-refractivity contribution in [2.45, 2.75) is 19.6 Å². The van der Waals surface area contributed by atoms with E-state index in [4.69, 9.17) is 0 Å². The molecule has 0 aliphatic carbocycles. The SMILES string of the molecule is CCn1ccnc1C(O)c1cnc2ccsc2c1. The summed E-state index contributed by atoms with van der Waals surface area (Å²) in [5, 5.41) is 12.4. The summed E-state index contributed by atoms with van der Waals surface area (Å²) in [6.45, 7) is 2.82. The molecular weight excluding hydrogens is 246 g/mol. The maximum Gasteiger partial charge on any atom is 0.142 e. The number of aromatic nitrogens is 3. The number of fused-ring (bicyclic) bond motifs is 1. The van der Waals surface area contributed by atoms with Crippen LogP contribution in [-0.2, 0) is 6.54 Å². The second-order valence-electron chi connectivity index (χ2n) is 4.05. The summed E-state index contributed by atoms with van der Waals surface area (Å²) in [5.41, 5.74) is 1.75. The number of hydrogen-bond donors (Lipinski definition) is 1. The molecule has 0 amide bonds. The summed E-state index contributed by atoms with van der Waals surface area (Å²) < 4.78 is 3.02. The fourth-order valence-electron chi connectivity index (χ4n) is 2.00. The highest BCUT2D eigenvalue weighted by Gasteiger charge is 2.16. The average Bonchev–Trinajstić information content (AvgIpc) is 3.05. The summed E-state index contributed by atoms with van der Waals surface area (Å²) in [4.78, 5) is 8.56. The van der Waals surface area contributed by atoms with E-state index in [1.807, 2.05) is 35.2 Å². The van der Waals surface area contributed by atoms with E-state index in [-0.39, 0.29) is 0 Å². The van der Waals surface area contributed by atoms with Gasteiger partial charge in [0.25, 0.3) is 0 Å². The molecule has 3 aromatic heterocycles. The Hall–Kier alpha value is -1.72. The zero-order valence-corrected chi connectivity index (χ0v) is 10.8. The molecule has 0 spiro atoms. The molecule has 4 nitrogen and oxygen atoms in total. The molecule has 0 radical (unpaired) electrons. The van der Waals surface area contributed by atoms with Crippen LogP contribution in [0.3, 0.4) is 0 Å². The van der Waals surface area contributed by atoms with Crippen molar-refractivity contribution in [3.63, 3.8) is 0 Å². The van der Waals surface area contributed by atoms with Gasteiger partial charge >= 0.3 is 0 Å². The first-order chi connectivity index (χ1) is 8.79. The van der Waals surface area contributed by atoms with Crippen molar-refractivity contribution in [3.8, 4) is 0 Å². The number of thiophene rings is 1. The van der Waals surface area contributed by atoms with Gasteiger partial charge < -0.3 is 9.67 Å². The fraction of sp³-hybridized carbons (Fsp3) is 0.231. The van der Waals surface area contributed by atoms with Crippen molar-refractivity contribution in [2.24, 2.45) is 0 Å². The van der Waals surface area contributed by atoms with E-state index in [0.717, 1.165) is 22.3 Å². The first-order valence-electron chi connectivity index (χ1n) is 5.82. The van der Waals surface area contributed by atoms with Gasteiger partial charge in [-0.25, -0.2) is 4.98 Å². The van der Waals surface area contributed by atoms with Crippen molar-refractivity contribution >= 4 is 21.6 Å². The summed E-state index contributed by atoms with van der Waals surface area (Å²) in [5.74, 6) is 0.662. The van der Waals surface area contributed by atoms with Crippen molar-refractivity contribution < 1.29 is 5.11 Å². The highest BCUT2D eigenvalue weighted by atomic mass is 32.1. The smallest absolute Gasteiger partial charge is 0.142 e. The molecule has 5 heteroatoms. The summed E-state index contributed by atoms with van der Waals surface area (Å²) in [7, 11) is 0. The van der Waals surface area contributed by atoms with E-state index in [2.05, 4.69) is 9.97 Å². The molecule has 0 saturated heterocycles. The Morgan fingerprint density at radius 1 is 1.44 bits per heavy atom. The van der Waals surface area contributed by atoms with Crippen molar-refractivity contribution in [3.05, 3.63) is 47.5 Å². The molecule has 0 bridgehead atoms. The number of aliphatic hydroxyl groups is 1. The van der Waals surface area contributed by atoms with Gasteiger partial charge in [-0.05, 0) is 24.4 Å². The molecule has 1 N–H and O–H groups in total. The Labute approximate surface area is 109 Å². The lowest BCUT2D eigenvalue weighted by Gasteiger charge is -2.12. The summed E-state index contributed by atoms with van der Waals surface area (Å²) in [6, 6.07) is 3.95. The lowest BCUT2D eigenvalue weighted by molar-refractivity contribution is 0.204. The quantitative estimate of drug-likeness (QED) is 0.786. The van der Waals surface area contributed by atoms with Crippen LogP contribution in [0.4, 0.5) is 0 Å². The van der Waals surface area contributed by atoms with Gasteiger partial charge in [0, 0.05) is 30.7 Å². The Balaban J connectivity index is 2.03. The zero-order valence-electron chi connectivity index (χ0n) is 9.95. The van der Waals surface area contributed by atoms with Gasteiger partial charge in [0.15, 0.2) is 0 Å². The number of aryl methyl sites for hydroxylation is 1. The predicted molar refractivity (Wildman–Crippen MR) is 71.6 cm³/mol. The number of pyridine rings is 1. The van der Waals surface area contributed by atoms with Crippen LogP contribution in [0.1, 0.15) is 24.4 Å². The molecule has 1 unspecified atom stereocenters. The number of rotatable bonds is 3. The molecular formula is C13H13N3OS. The first kappa shape index (κ1) is 11.4.